The molecule has 0 unspecified atom stereocenters. The van der Waals surface area contributed by atoms with Crippen LogP contribution in [0.5, 0.6) is 0 Å². The number of pyridine rings is 1. The van der Waals surface area contributed by atoms with Crippen molar-refractivity contribution in [2.45, 2.75) is 75.6 Å². The molecule has 0 aliphatic heterocycles. The zero-order chi connectivity index (χ0) is 27.9. The second-order valence-electron chi connectivity index (χ2n) is 14.1. The van der Waals surface area contributed by atoms with Gasteiger partial charge < -0.3 is 0 Å². The number of benzene rings is 3. The van der Waals surface area contributed by atoms with Gasteiger partial charge in [0.15, 0.2) is 0 Å². The van der Waals surface area contributed by atoms with Gasteiger partial charge in [0.1, 0.15) is 0 Å². The number of nitrogens with zero attached hydrogens (tertiary/aromatic N) is 1. The molecular weight excluding hydrogens is 535 g/mol. The van der Waals surface area contributed by atoms with Crippen molar-refractivity contribution in [1.82, 2.24) is 0 Å². The Kier molecular flexibility index (Phi) is 5.97. The van der Waals surface area contributed by atoms with Crippen molar-refractivity contribution in [3.8, 4) is 22.4 Å². The summed E-state index contributed by atoms with van der Waals surface area (Å²) in [5, 5.41) is 2.45. The van der Waals surface area contributed by atoms with Gasteiger partial charge in [-0.25, -0.2) is 0 Å². The van der Waals surface area contributed by atoms with E-state index in [0.717, 1.165) is 11.2 Å². The van der Waals surface area contributed by atoms with Gasteiger partial charge in [-0.1, -0.05) is 0 Å². The topological polar surface area (TPSA) is 17.0 Å². The normalized spacial score (nSPS) is 16.5. The van der Waals surface area contributed by atoms with Crippen molar-refractivity contribution in [1.29, 1.82) is 0 Å². The number of rotatable bonds is 3. The van der Waals surface area contributed by atoms with E-state index in [1.807, 2.05) is 0 Å². The van der Waals surface area contributed by atoms with Crippen molar-refractivity contribution >= 4 is 39.6 Å². The summed E-state index contributed by atoms with van der Waals surface area (Å²) in [7, 11) is 2.11. The van der Waals surface area contributed by atoms with Crippen LogP contribution in [0.15, 0.2) is 71.3 Å². The molecule has 0 saturated heterocycles. The molecule has 2 aromatic heterocycles. The van der Waals surface area contributed by atoms with E-state index in [9.17, 15) is 0 Å². The predicted molar refractivity (Wildman–Crippen MR) is 169 cm³/mol. The van der Waals surface area contributed by atoms with E-state index in [-0.39, 0.29) is 10.8 Å². The van der Waals surface area contributed by atoms with Crippen molar-refractivity contribution in [2.75, 3.05) is 0 Å². The van der Waals surface area contributed by atoms with E-state index >= 15 is 0 Å². The molecular formula is C36H42GeNO+. The first-order valence-electron chi connectivity index (χ1n) is 14.4. The van der Waals surface area contributed by atoms with Crippen LogP contribution in [0.3, 0.4) is 0 Å². The van der Waals surface area contributed by atoms with E-state index in [2.05, 4.69) is 130 Å². The van der Waals surface area contributed by atoms with Gasteiger partial charge in [0.25, 0.3) is 0 Å². The number of fused-ring (bicyclic) bond motifs is 4. The van der Waals surface area contributed by atoms with Crippen LogP contribution in [0, 0.1) is 6.92 Å². The summed E-state index contributed by atoms with van der Waals surface area (Å²) in [6.07, 6.45) is 4.58. The Hall–Kier alpha value is -2.85. The molecule has 0 fully saturated rings. The molecule has 3 heteroatoms. The summed E-state index contributed by atoms with van der Waals surface area (Å²) in [4.78, 5) is 0. The first-order valence-corrected chi connectivity index (χ1v) is 21.7. The standard InChI is InChI=1S/C36H42GeNO/c1-23-13-15-26-27-17-16-25(24-14-18-28-29(22-24)36(4,5)20-19-35(28,2)3)32(37(6,7)8)34(27)39-33(26)31(23)30-12-10-11-21-38(30)9/h10-18,21-22H,19-20H2,1-9H3/q+1. The molecule has 2 nitrogen and oxygen atoms in total. The Bertz CT molecular complexity index is 1760. The van der Waals surface area contributed by atoms with Crippen molar-refractivity contribution in [3.63, 3.8) is 0 Å². The van der Waals surface area contributed by atoms with Gasteiger partial charge in [-0.2, -0.15) is 0 Å². The molecule has 0 N–H and O–H groups in total. The molecule has 39 heavy (non-hydrogen) atoms. The Balaban J connectivity index is 1.66. The van der Waals surface area contributed by atoms with Gasteiger partial charge in [-0.05, 0) is 0 Å². The fourth-order valence-electron chi connectivity index (χ4n) is 6.84. The van der Waals surface area contributed by atoms with Gasteiger partial charge in [0.2, 0.25) is 0 Å². The average Bonchev–Trinajstić information content (AvgIpc) is 3.24. The van der Waals surface area contributed by atoms with Gasteiger partial charge in [0.05, 0.1) is 0 Å². The second kappa shape index (κ2) is 8.83. The Morgan fingerprint density at radius 2 is 1.44 bits per heavy atom. The molecule has 0 spiro atoms. The van der Waals surface area contributed by atoms with Gasteiger partial charge in [-0.3, -0.25) is 0 Å². The third kappa shape index (κ3) is 4.18. The number of aryl methyl sites for hydroxylation is 2. The van der Waals surface area contributed by atoms with Gasteiger partial charge >= 0.3 is 237 Å². The van der Waals surface area contributed by atoms with Gasteiger partial charge in [-0.15, -0.1) is 0 Å². The van der Waals surface area contributed by atoms with Crippen LogP contribution in [-0.4, -0.2) is 13.3 Å². The van der Waals surface area contributed by atoms with Crippen molar-refractivity contribution in [2.24, 2.45) is 7.05 Å². The number of aromatic nitrogens is 1. The summed E-state index contributed by atoms with van der Waals surface area (Å²) < 4.78 is 10.7. The van der Waals surface area contributed by atoms with Crippen LogP contribution >= 0.6 is 0 Å². The molecule has 0 bridgehead atoms. The third-order valence-corrected chi connectivity index (χ3v) is 13.4. The maximum atomic E-state index is 7.01. The van der Waals surface area contributed by atoms with E-state index in [1.54, 1.807) is 0 Å². The van der Waals surface area contributed by atoms with Crippen molar-refractivity contribution in [3.05, 3.63) is 83.6 Å². The zero-order valence-corrected chi connectivity index (χ0v) is 27.2. The summed E-state index contributed by atoms with van der Waals surface area (Å²) >= 11 is -2.41. The quantitative estimate of drug-likeness (QED) is 0.155. The first-order chi connectivity index (χ1) is 18.3. The minimum absolute atomic E-state index is 0.186. The SMILES string of the molecule is Cc1ccc2c(oc3[c]([Ge]([CH3])([CH3])[CH3])c(-c4ccc5c(c4)C(C)(C)CCC5(C)C)ccc32)c1-c1cccc[n+]1C. The fraction of sp³-hybridized carbons (Fsp3) is 0.361. The molecule has 0 saturated carbocycles. The Labute approximate surface area is 236 Å². The number of hydrogen-bond donors (Lipinski definition) is 0. The molecule has 5 aromatic rings. The molecule has 200 valence electrons. The number of hydrogen-bond acceptors (Lipinski definition) is 1. The average molecular weight is 577 g/mol. The molecule has 1 aliphatic rings. The molecule has 3 aromatic carbocycles. The van der Waals surface area contributed by atoms with Gasteiger partial charge in [0, 0.05) is 0 Å². The molecule has 1 aliphatic carbocycles. The molecule has 2 heterocycles. The van der Waals surface area contributed by atoms with E-state index in [0.29, 0.717) is 0 Å². The van der Waals surface area contributed by atoms with Crippen LogP contribution in [0.25, 0.3) is 44.3 Å². The van der Waals surface area contributed by atoms with E-state index in [4.69, 9.17) is 4.42 Å². The fourth-order valence-corrected chi connectivity index (χ4v) is 10.8. The monoisotopic (exact) mass is 578 g/mol. The zero-order valence-electron chi connectivity index (χ0n) is 25.1. The molecule has 0 radical (unpaired) electrons. The Morgan fingerprint density at radius 3 is 2.13 bits per heavy atom. The van der Waals surface area contributed by atoms with E-state index < -0.39 is 13.3 Å². The van der Waals surface area contributed by atoms with Crippen LogP contribution in [0.4, 0.5) is 0 Å². The summed E-state index contributed by atoms with van der Waals surface area (Å²) in [5.74, 6) is 7.50. The van der Waals surface area contributed by atoms with Crippen LogP contribution in [-0.2, 0) is 17.9 Å². The van der Waals surface area contributed by atoms with Crippen molar-refractivity contribution < 1.29 is 8.98 Å². The van der Waals surface area contributed by atoms with Crippen LogP contribution in [0.2, 0.25) is 17.3 Å². The minimum atomic E-state index is -2.41. The molecule has 0 amide bonds. The van der Waals surface area contributed by atoms with Crippen LogP contribution in [0.1, 0.15) is 57.2 Å². The molecule has 0 atom stereocenters. The summed E-state index contributed by atoms with van der Waals surface area (Å²) in [6.45, 7) is 11.8. The predicted octanol–water partition coefficient (Wildman–Crippen LogP) is 8.95. The number of furan rings is 1. The molecule has 6 rings (SSSR count). The van der Waals surface area contributed by atoms with Crippen LogP contribution < -0.4 is 8.96 Å². The maximum absolute atomic E-state index is 7.01. The summed E-state index contributed by atoms with van der Waals surface area (Å²) in [5.41, 5.74) is 11.8. The third-order valence-electron chi connectivity index (χ3n) is 9.24. The Morgan fingerprint density at radius 1 is 0.769 bits per heavy atom. The van der Waals surface area contributed by atoms with E-state index in [1.165, 1.54) is 67.1 Å². The summed E-state index contributed by atoms with van der Waals surface area (Å²) in [6, 6.07) is 22.9. The second-order valence-corrected chi connectivity index (χ2v) is 24.6. The first kappa shape index (κ1) is 26.4.